The lowest BCUT2D eigenvalue weighted by molar-refractivity contribution is 0.220. The highest BCUT2D eigenvalue weighted by atomic mass is 16.5. The highest BCUT2D eigenvalue weighted by Gasteiger charge is 2.30. The van der Waals surface area contributed by atoms with Crippen LogP contribution in [0.2, 0.25) is 0 Å². The summed E-state index contributed by atoms with van der Waals surface area (Å²) < 4.78 is 5.46. The van der Waals surface area contributed by atoms with Gasteiger partial charge in [0.1, 0.15) is 0 Å². The van der Waals surface area contributed by atoms with Crippen LogP contribution in [0.15, 0.2) is 34.9 Å². The van der Waals surface area contributed by atoms with E-state index in [0.717, 1.165) is 29.8 Å². The predicted octanol–water partition coefficient (Wildman–Crippen LogP) is 4.14. The quantitative estimate of drug-likeness (QED) is 0.851. The molecule has 1 unspecified atom stereocenters. The summed E-state index contributed by atoms with van der Waals surface area (Å²) in [6, 6.07) is 10.0. The van der Waals surface area contributed by atoms with Crippen LogP contribution >= 0.6 is 0 Å². The van der Waals surface area contributed by atoms with Gasteiger partial charge < -0.3 is 4.52 Å². The third-order valence-corrected chi connectivity index (χ3v) is 5.48. The Kier molecular flexibility index (Phi) is 4.42. The van der Waals surface area contributed by atoms with Gasteiger partial charge in [-0.25, -0.2) is 0 Å². The average molecular weight is 311 g/mol. The molecule has 4 nitrogen and oxygen atoms in total. The first-order valence-electron chi connectivity index (χ1n) is 8.99. The van der Waals surface area contributed by atoms with Gasteiger partial charge in [-0.2, -0.15) is 4.98 Å². The summed E-state index contributed by atoms with van der Waals surface area (Å²) in [7, 11) is 0. The van der Waals surface area contributed by atoms with Gasteiger partial charge in [0.05, 0.1) is 6.54 Å². The molecular formula is C19H25N3O. The standard InChI is InChI=1S/C19H25N3O/c1-3-7-15(8-4-1)17-11-12-22(13-17)14-18-20-19(21-23-18)16-9-5-2-6-10-16/h2,5-6,9-10,15,17H,1,3-4,7-8,11-14H2. The number of aromatic nitrogens is 2. The van der Waals surface area contributed by atoms with Crippen LogP contribution in [0.5, 0.6) is 0 Å². The molecule has 4 heteroatoms. The van der Waals surface area contributed by atoms with Crippen molar-refractivity contribution in [2.75, 3.05) is 13.1 Å². The number of likely N-dealkylation sites (tertiary alicyclic amines) is 1. The SMILES string of the molecule is c1ccc(-c2noc(CN3CCC(C4CCCCC4)C3)n2)cc1. The van der Waals surface area contributed by atoms with Gasteiger partial charge in [-0.1, -0.05) is 67.6 Å². The summed E-state index contributed by atoms with van der Waals surface area (Å²) in [4.78, 5) is 7.05. The fourth-order valence-corrected chi connectivity index (χ4v) is 4.21. The van der Waals surface area contributed by atoms with E-state index in [1.165, 1.54) is 51.6 Å². The van der Waals surface area contributed by atoms with Crippen LogP contribution in [-0.2, 0) is 6.54 Å². The van der Waals surface area contributed by atoms with E-state index in [1.807, 2.05) is 30.3 Å². The monoisotopic (exact) mass is 311 g/mol. The van der Waals surface area contributed by atoms with Gasteiger partial charge >= 0.3 is 0 Å². The molecule has 0 bridgehead atoms. The fourth-order valence-electron chi connectivity index (χ4n) is 4.21. The van der Waals surface area contributed by atoms with E-state index in [2.05, 4.69) is 15.0 Å². The molecule has 122 valence electrons. The molecule has 1 aliphatic heterocycles. The minimum absolute atomic E-state index is 0.698. The van der Waals surface area contributed by atoms with E-state index in [9.17, 15) is 0 Å². The molecule has 0 radical (unpaired) electrons. The first-order valence-corrected chi connectivity index (χ1v) is 8.99. The van der Waals surface area contributed by atoms with Crippen molar-refractivity contribution in [2.45, 2.75) is 45.1 Å². The molecule has 0 N–H and O–H groups in total. The fraction of sp³-hybridized carbons (Fsp3) is 0.579. The third-order valence-electron chi connectivity index (χ3n) is 5.48. The number of nitrogens with zero attached hydrogens (tertiary/aromatic N) is 3. The summed E-state index contributed by atoms with van der Waals surface area (Å²) in [5.74, 6) is 3.28. The van der Waals surface area contributed by atoms with Gasteiger partial charge in [0.15, 0.2) is 0 Å². The number of hydrogen-bond donors (Lipinski definition) is 0. The van der Waals surface area contributed by atoms with Crippen molar-refractivity contribution in [2.24, 2.45) is 11.8 Å². The summed E-state index contributed by atoms with van der Waals surface area (Å²) in [6.07, 6.45) is 8.53. The Hall–Kier alpha value is -1.68. The molecule has 2 aliphatic rings. The van der Waals surface area contributed by atoms with Crippen molar-refractivity contribution >= 4 is 0 Å². The maximum atomic E-state index is 5.46. The molecule has 1 saturated heterocycles. The highest BCUT2D eigenvalue weighted by molar-refractivity contribution is 5.53. The van der Waals surface area contributed by atoms with Gasteiger partial charge in [-0.3, -0.25) is 4.90 Å². The van der Waals surface area contributed by atoms with E-state index >= 15 is 0 Å². The summed E-state index contributed by atoms with van der Waals surface area (Å²) in [5.41, 5.74) is 1.02. The normalized spacial score (nSPS) is 23.4. The minimum Gasteiger partial charge on any atom is -0.338 e. The molecule has 2 heterocycles. The van der Waals surface area contributed by atoms with E-state index in [1.54, 1.807) is 0 Å². The molecule has 1 aromatic carbocycles. The van der Waals surface area contributed by atoms with Crippen LogP contribution in [0, 0.1) is 11.8 Å². The van der Waals surface area contributed by atoms with Crippen molar-refractivity contribution in [3.05, 3.63) is 36.2 Å². The first kappa shape index (κ1) is 14.9. The molecule has 2 fully saturated rings. The van der Waals surface area contributed by atoms with Crippen molar-refractivity contribution in [1.29, 1.82) is 0 Å². The van der Waals surface area contributed by atoms with Crippen LogP contribution < -0.4 is 0 Å². The second-order valence-corrected chi connectivity index (χ2v) is 7.06. The number of rotatable bonds is 4. The third kappa shape index (κ3) is 3.47. The second kappa shape index (κ2) is 6.83. The highest BCUT2D eigenvalue weighted by Crippen LogP contribution is 2.35. The van der Waals surface area contributed by atoms with Gasteiger partial charge in [0.25, 0.3) is 0 Å². The molecule has 2 aromatic rings. The lowest BCUT2D eigenvalue weighted by Crippen LogP contribution is -2.24. The van der Waals surface area contributed by atoms with Gasteiger partial charge in [0.2, 0.25) is 11.7 Å². The maximum absolute atomic E-state index is 5.46. The molecule has 0 spiro atoms. The Morgan fingerprint density at radius 2 is 1.83 bits per heavy atom. The van der Waals surface area contributed by atoms with Gasteiger partial charge in [-0.05, 0) is 24.8 Å². The molecule has 1 aliphatic carbocycles. The van der Waals surface area contributed by atoms with E-state index in [4.69, 9.17) is 4.52 Å². The summed E-state index contributed by atoms with van der Waals surface area (Å²) >= 11 is 0. The largest absolute Gasteiger partial charge is 0.338 e. The molecule has 0 amide bonds. The molecule has 23 heavy (non-hydrogen) atoms. The van der Waals surface area contributed by atoms with E-state index in [-0.39, 0.29) is 0 Å². The molecule has 1 saturated carbocycles. The van der Waals surface area contributed by atoms with Gasteiger partial charge in [0, 0.05) is 12.1 Å². The van der Waals surface area contributed by atoms with Crippen molar-refractivity contribution in [3.8, 4) is 11.4 Å². The van der Waals surface area contributed by atoms with E-state index in [0.29, 0.717) is 5.82 Å². The zero-order valence-corrected chi connectivity index (χ0v) is 13.7. The zero-order valence-electron chi connectivity index (χ0n) is 13.7. The van der Waals surface area contributed by atoms with Crippen LogP contribution in [-0.4, -0.2) is 28.1 Å². The minimum atomic E-state index is 0.698. The smallest absolute Gasteiger partial charge is 0.241 e. The summed E-state index contributed by atoms with van der Waals surface area (Å²) in [5, 5.41) is 4.12. The number of hydrogen-bond acceptors (Lipinski definition) is 4. The summed E-state index contributed by atoms with van der Waals surface area (Å²) in [6.45, 7) is 3.17. The van der Waals surface area contributed by atoms with Crippen LogP contribution in [0.25, 0.3) is 11.4 Å². The predicted molar refractivity (Wildman–Crippen MR) is 89.7 cm³/mol. The number of benzene rings is 1. The Bertz CT molecular complexity index is 619. The maximum Gasteiger partial charge on any atom is 0.241 e. The molecule has 1 aromatic heterocycles. The van der Waals surface area contributed by atoms with Crippen molar-refractivity contribution < 1.29 is 4.52 Å². The van der Waals surface area contributed by atoms with Crippen molar-refractivity contribution in [3.63, 3.8) is 0 Å². The van der Waals surface area contributed by atoms with Crippen LogP contribution in [0.1, 0.15) is 44.4 Å². The Balaban J connectivity index is 1.35. The molecular weight excluding hydrogens is 286 g/mol. The van der Waals surface area contributed by atoms with E-state index < -0.39 is 0 Å². The Morgan fingerprint density at radius 1 is 1.00 bits per heavy atom. The topological polar surface area (TPSA) is 42.2 Å². The lowest BCUT2D eigenvalue weighted by atomic mass is 9.80. The second-order valence-electron chi connectivity index (χ2n) is 7.06. The lowest BCUT2D eigenvalue weighted by Gasteiger charge is -2.27. The Labute approximate surface area is 137 Å². The van der Waals surface area contributed by atoms with Crippen LogP contribution in [0.3, 0.4) is 0 Å². The zero-order chi connectivity index (χ0) is 15.5. The average Bonchev–Trinajstić information content (AvgIpc) is 3.27. The molecule has 4 rings (SSSR count). The van der Waals surface area contributed by atoms with Crippen molar-refractivity contribution in [1.82, 2.24) is 15.0 Å². The van der Waals surface area contributed by atoms with Gasteiger partial charge in [-0.15, -0.1) is 0 Å². The molecule has 1 atom stereocenters. The van der Waals surface area contributed by atoms with Crippen LogP contribution in [0.4, 0.5) is 0 Å². The Morgan fingerprint density at radius 3 is 2.65 bits per heavy atom. The first-order chi connectivity index (χ1) is 11.4.